The summed E-state index contributed by atoms with van der Waals surface area (Å²) in [6.45, 7) is 0. The molecular formula is C20H16O3. The van der Waals surface area contributed by atoms with Gasteiger partial charge in [0, 0.05) is 5.56 Å². The van der Waals surface area contributed by atoms with E-state index in [0.29, 0.717) is 5.76 Å². The highest BCUT2D eigenvalue weighted by Crippen LogP contribution is 2.30. The highest BCUT2D eigenvalue weighted by molar-refractivity contribution is 5.98. The summed E-state index contributed by atoms with van der Waals surface area (Å²) in [5, 5.41) is 11.0. The Kier molecular flexibility index (Phi) is 4.11. The van der Waals surface area contributed by atoms with Gasteiger partial charge in [-0.15, -0.1) is 0 Å². The van der Waals surface area contributed by atoms with Crippen LogP contribution in [0.1, 0.15) is 5.56 Å². The smallest absolute Gasteiger partial charge is 0.332 e. The molecule has 0 bridgehead atoms. The van der Waals surface area contributed by atoms with E-state index in [2.05, 4.69) is 12.1 Å². The van der Waals surface area contributed by atoms with Crippen molar-refractivity contribution < 1.29 is 14.6 Å². The summed E-state index contributed by atoms with van der Waals surface area (Å²) >= 11 is 0. The van der Waals surface area contributed by atoms with E-state index in [9.17, 15) is 4.79 Å². The number of methoxy groups -OCH3 is 1. The van der Waals surface area contributed by atoms with Crippen LogP contribution < -0.4 is 0 Å². The van der Waals surface area contributed by atoms with Crippen LogP contribution in [0.4, 0.5) is 0 Å². The van der Waals surface area contributed by atoms with Crippen molar-refractivity contribution in [2.75, 3.05) is 7.11 Å². The fourth-order valence-electron chi connectivity index (χ4n) is 2.66. The lowest BCUT2D eigenvalue weighted by Crippen LogP contribution is -1.95. The molecule has 0 aliphatic heterocycles. The molecule has 114 valence electrons. The fourth-order valence-corrected chi connectivity index (χ4v) is 2.66. The zero-order valence-electron chi connectivity index (χ0n) is 12.7. The predicted octanol–water partition coefficient (Wildman–Crippen LogP) is 4.58. The third kappa shape index (κ3) is 3.09. The number of carboxylic acids is 1. The molecule has 0 aliphatic carbocycles. The van der Waals surface area contributed by atoms with E-state index in [1.807, 2.05) is 54.6 Å². The van der Waals surface area contributed by atoms with Crippen molar-refractivity contribution in [2.45, 2.75) is 0 Å². The van der Waals surface area contributed by atoms with Gasteiger partial charge in [-0.2, -0.15) is 0 Å². The summed E-state index contributed by atoms with van der Waals surface area (Å²) in [6.07, 6.45) is 1.09. The molecular weight excluding hydrogens is 288 g/mol. The molecule has 0 saturated heterocycles. The molecule has 1 N–H and O–H groups in total. The van der Waals surface area contributed by atoms with Crippen LogP contribution in [0.15, 0.2) is 72.8 Å². The topological polar surface area (TPSA) is 46.5 Å². The second kappa shape index (κ2) is 6.36. The van der Waals surface area contributed by atoms with Crippen LogP contribution in [-0.4, -0.2) is 18.2 Å². The lowest BCUT2D eigenvalue weighted by atomic mass is 9.97. The molecule has 0 saturated carbocycles. The maximum absolute atomic E-state index is 11.0. The van der Waals surface area contributed by atoms with Crippen LogP contribution in [0, 0.1) is 0 Å². The Labute approximate surface area is 134 Å². The van der Waals surface area contributed by atoms with Crippen LogP contribution in [0.3, 0.4) is 0 Å². The van der Waals surface area contributed by atoms with Crippen molar-refractivity contribution in [2.24, 2.45) is 0 Å². The molecule has 3 aromatic rings. The Balaban J connectivity index is 2.21. The molecule has 0 heterocycles. The third-order valence-corrected chi connectivity index (χ3v) is 3.73. The van der Waals surface area contributed by atoms with Gasteiger partial charge >= 0.3 is 5.97 Å². The minimum Gasteiger partial charge on any atom is -0.496 e. The number of fused-ring (bicyclic) bond motifs is 1. The van der Waals surface area contributed by atoms with Crippen LogP contribution >= 0.6 is 0 Å². The number of benzene rings is 3. The lowest BCUT2D eigenvalue weighted by molar-refractivity contribution is -0.131. The Morgan fingerprint density at radius 2 is 1.74 bits per heavy atom. The van der Waals surface area contributed by atoms with E-state index in [0.717, 1.165) is 33.5 Å². The van der Waals surface area contributed by atoms with Crippen LogP contribution in [0.2, 0.25) is 0 Å². The molecule has 3 aromatic carbocycles. The first-order chi connectivity index (χ1) is 11.2. The zero-order chi connectivity index (χ0) is 16.2. The zero-order valence-corrected chi connectivity index (χ0v) is 12.7. The first-order valence-electron chi connectivity index (χ1n) is 7.26. The van der Waals surface area contributed by atoms with Gasteiger partial charge in [0.1, 0.15) is 5.76 Å². The van der Waals surface area contributed by atoms with Gasteiger partial charge in [0.2, 0.25) is 0 Å². The van der Waals surface area contributed by atoms with E-state index in [4.69, 9.17) is 9.84 Å². The molecule has 0 unspecified atom stereocenters. The van der Waals surface area contributed by atoms with E-state index < -0.39 is 5.97 Å². The average Bonchev–Trinajstić information content (AvgIpc) is 2.59. The molecule has 0 aromatic heterocycles. The number of rotatable bonds is 4. The maximum atomic E-state index is 11.0. The molecule has 3 rings (SSSR count). The molecule has 0 radical (unpaired) electrons. The molecule has 3 nitrogen and oxygen atoms in total. The van der Waals surface area contributed by atoms with Crippen molar-refractivity contribution in [3.8, 4) is 11.1 Å². The first kappa shape index (κ1) is 14.9. The highest BCUT2D eigenvalue weighted by Gasteiger charge is 2.10. The van der Waals surface area contributed by atoms with Gasteiger partial charge in [0.15, 0.2) is 0 Å². The molecule has 0 aliphatic rings. The summed E-state index contributed by atoms with van der Waals surface area (Å²) < 4.78 is 5.28. The Hall–Kier alpha value is -3.07. The maximum Gasteiger partial charge on any atom is 0.332 e. The quantitative estimate of drug-likeness (QED) is 0.567. The van der Waals surface area contributed by atoms with E-state index >= 15 is 0 Å². The number of aliphatic carboxylic acids is 1. The van der Waals surface area contributed by atoms with E-state index in [1.165, 1.54) is 7.11 Å². The van der Waals surface area contributed by atoms with E-state index in [1.54, 1.807) is 0 Å². The van der Waals surface area contributed by atoms with Crippen LogP contribution in [0.25, 0.3) is 27.7 Å². The van der Waals surface area contributed by atoms with Crippen molar-refractivity contribution in [3.05, 3.63) is 78.4 Å². The minimum atomic E-state index is -1.03. The second-order valence-corrected chi connectivity index (χ2v) is 5.16. The molecule has 0 fully saturated rings. The van der Waals surface area contributed by atoms with E-state index in [-0.39, 0.29) is 0 Å². The van der Waals surface area contributed by atoms with Crippen LogP contribution in [-0.2, 0) is 9.53 Å². The Bertz CT molecular complexity index is 880. The van der Waals surface area contributed by atoms with Crippen molar-refractivity contribution >= 4 is 22.5 Å². The number of hydrogen-bond donors (Lipinski definition) is 1. The Morgan fingerprint density at radius 1 is 0.957 bits per heavy atom. The number of carbonyl (C=O) groups is 1. The van der Waals surface area contributed by atoms with Gasteiger partial charge in [-0.05, 0) is 28.0 Å². The minimum absolute atomic E-state index is 0.341. The van der Waals surface area contributed by atoms with Gasteiger partial charge in [0.25, 0.3) is 0 Å². The average molecular weight is 304 g/mol. The molecule has 0 atom stereocenters. The first-order valence-corrected chi connectivity index (χ1v) is 7.26. The summed E-state index contributed by atoms with van der Waals surface area (Å²) in [6, 6.07) is 22.0. The van der Waals surface area contributed by atoms with Gasteiger partial charge < -0.3 is 9.84 Å². The number of hydrogen-bond acceptors (Lipinski definition) is 2. The standard InChI is InChI=1S/C20H16O3/c1-23-19(13-20(21)22)17-9-5-8-15-10-11-16(12-18(15)17)14-6-3-2-4-7-14/h2-13H,1H3,(H,21,22)/b19-13-. The monoisotopic (exact) mass is 304 g/mol. The largest absolute Gasteiger partial charge is 0.496 e. The van der Waals surface area contributed by atoms with Gasteiger partial charge in [-0.1, -0.05) is 60.7 Å². The summed E-state index contributed by atoms with van der Waals surface area (Å²) in [7, 11) is 1.48. The SMILES string of the molecule is CO/C(=C\C(=O)O)c1cccc2ccc(-c3ccccc3)cc12. The van der Waals surface area contributed by atoms with Crippen molar-refractivity contribution in [3.63, 3.8) is 0 Å². The fraction of sp³-hybridized carbons (Fsp3) is 0.0500. The normalized spacial score (nSPS) is 11.4. The van der Waals surface area contributed by atoms with Crippen LogP contribution in [0.5, 0.6) is 0 Å². The summed E-state index contributed by atoms with van der Waals surface area (Å²) in [5.74, 6) is -0.689. The van der Waals surface area contributed by atoms with Crippen molar-refractivity contribution in [1.29, 1.82) is 0 Å². The van der Waals surface area contributed by atoms with Gasteiger partial charge in [0.05, 0.1) is 13.2 Å². The van der Waals surface area contributed by atoms with Crippen molar-refractivity contribution in [1.82, 2.24) is 0 Å². The van der Waals surface area contributed by atoms with Gasteiger partial charge in [-0.3, -0.25) is 0 Å². The summed E-state index contributed by atoms with van der Waals surface area (Å²) in [4.78, 5) is 11.0. The molecule has 0 spiro atoms. The highest BCUT2D eigenvalue weighted by atomic mass is 16.5. The summed E-state index contributed by atoms with van der Waals surface area (Å²) in [5.41, 5.74) is 2.96. The molecule has 0 amide bonds. The lowest BCUT2D eigenvalue weighted by Gasteiger charge is -2.11. The molecule has 23 heavy (non-hydrogen) atoms. The predicted molar refractivity (Wildman–Crippen MR) is 92.0 cm³/mol. The van der Waals surface area contributed by atoms with Gasteiger partial charge in [-0.25, -0.2) is 4.79 Å². The number of carboxylic acid groups (broad SMARTS) is 1. The molecule has 3 heteroatoms. The third-order valence-electron chi connectivity index (χ3n) is 3.73. The second-order valence-electron chi connectivity index (χ2n) is 5.16. The Morgan fingerprint density at radius 3 is 2.43 bits per heavy atom. The number of ether oxygens (including phenoxy) is 1.